The van der Waals surface area contributed by atoms with Gasteiger partial charge in [0.1, 0.15) is 0 Å². The summed E-state index contributed by atoms with van der Waals surface area (Å²) in [7, 11) is -3.53. The molecule has 0 saturated carbocycles. The maximum Gasteiger partial charge on any atom is 0.243 e. The highest BCUT2D eigenvalue weighted by molar-refractivity contribution is 7.89. The summed E-state index contributed by atoms with van der Waals surface area (Å²) in [5.41, 5.74) is 4.39. The summed E-state index contributed by atoms with van der Waals surface area (Å²) in [4.78, 5) is 13.1. The van der Waals surface area contributed by atoms with E-state index in [1.54, 1.807) is 12.1 Å². The third-order valence-electron chi connectivity index (χ3n) is 6.40. The summed E-state index contributed by atoms with van der Waals surface area (Å²) in [6.45, 7) is 10.9. The summed E-state index contributed by atoms with van der Waals surface area (Å²) in [5, 5.41) is 3.11. The van der Waals surface area contributed by atoms with E-state index in [-0.39, 0.29) is 17.9 Å². The van der Waals surface area contributed by atoms with Crippen molar-refractivity contribution in [2.75, 3.05) is 13.1 Å². The minimum atomic E-state index is -3.53. The van der Waals surface area contributed by atoms with Crippen LogP contribution in [0.15, 0.2) is 47.4 Å². The zero-order chi connectivity index (χ0) is 22.8. The molecule has 5 nitrogen and oxygen atoms in total. The van der Waals surface area contributed by atoms with Crippen LogP contribution in [-0.2, 0) is 14.8 Å². The minimum Gasteiger partial charge on any atom is -0.349 e. The van der Waals surface area contributed by atoms with Crippen LogP contribution in [0.3, 0.4) is 0 Å². The maximum atomic E-state index is 13.0. The Bertz CT molecular complexity index is 1020. The van der Waals surface area contributed by atoms with Gasteiger partial charge in [-0.3, -0.25) is 4.79 Å². The maximum absolute atomic E-state index is 13.0. The second-order valence-corrected chi connectivity index (χ2v) is 10.9. The molecule has 1 fully saturated rings. The molecule has 1 N–H and O–H groups in total. The molecule has 0 spiro atoms. The smallest absolute Gasteiger partial charge is 0.243 e. The summed E-state index contributed by atoms with van der Waals surface area (Å²) < 4.78 is 27.5. The van der Waals surface area contributed by atoms with Crippen molar-refractivity contribution in [3.63, 3.8) is 0 Å². The first-order valence-electron chi connectivity index (χ1n) is 11.1. The fourth-order valence-corrected chi connectivity index (χ4v) is 5.52. The lowest BCUT2D eigenvalue weighted by atomic mass is 9.96. The Morgan fingerprint density at radius 1 is 0.935 bits per heavy atom. The van der Waals surface area contributed by atoms with Gasteiger partial charge >= 0.3 is 0 Å². The van der Waals surface area contributed by atoms with Crippen molar-refractivity contribution in [2.45, 2.75) is 64.3 Å². The van der Waals surface area contributed by atoms with Gasteiger partial charge in [-0.15, -0.1) is 0 Å². The van der Waals surface area contributed by atoms with Crippen LogP contribution >= 0.6 is 0 Å². The van der Waals surface area contributed by atoms with Crippen LogP contribution in [0.25, 0.3) is 0 Å². The molecule has 168 valence electrons. The third kappa shape index (κ3) is 5.36. The standard InChI is InChI=1S/C25H34N2O3S/c1-17(2)21-7-9-22(10-8-21)20(5)26-25(28)23-12-14-27(15-13-23)31(29,30)24-11-6-18(3)19(4)16-24/h6-11,16-17,20,23H,12-15H2,1-5H3,(H,26,28). The SMILES string of the molecule is Cc1ccc(S(=O)(=O)N2CCC(C(=O)NC(C)c3ccc(C(C)C)cc3)CC2)cc1C. The van der Waals surface area contributed by atoms with Crippen molar-refractivity contribution in [3.8, 4) is 0 Å². The molecule has 0 radical (unpaired) electrons. The molecule has 6 heteroatoms. The molecule has 31 heavy (non-hydrogen) atoms. The number of carbonyl (C=O) groups is 1. The molecular formula is C25H34N2O3S. The molecule has 1 aliphatic rings. The predicted octanol–water partition coefficient (Wildman–Crippen LogP) is 4.70. The van der Waals surface area contributed by atoms with E-state index in [9.17, 15) is 13.2 Å². The van der Waals surface area contributed by atoms with Crippen LogP contribution in [-0.4, -0.2) is 31.7 Å². The van der Waals surface area contributed by atoms with E-state index in [0.29, 0.717) is 36.7 Å². The summed E-state index contributed by atoms with van der Waals surface area (Å²) in [6.07, 6.45) is 1.07. The number of rotatable bonds is 6. The van der Waals surface area contributed by atoms with Gasteiger partial charge in [-0.25, -0.2) is 8.42 Å². The monoisotopic (exact) mass is 442 g/mol. The van der Waals surface area contributed by atoms with E-state index < -0.39 is 10.0 Å². The van der Waals surface area contributed by atoms with Gasteiger partial charge in [-0.05, 0) is 73.9 Å². The zero-order valence-electron chi connectivity index (χ0n) is 19.2. The van der Waals surface area contributed by atoms with Crippen LogP contribution in [0.4, 0.5) is 0 Å². The molecule has 0 bridgehead atoms. The third-order valence-corrected chi connectivity index (χ3v) is 8.30. The highest BCUT2D eigenvalue weighted by Gasteiger charge is 2.32. The highest BCUT2D eigenvalue weighted by atomic mass is 32.2. The van der Waals surface area contributed by atoms with Crippen molar-refractivity contribution < 1.29 is 13.2 Å². The minimum absolute atomic E-state index is 0.00339. The molecule has 0 aromatic heterocycles. The molecule has 1 saturated heterocycles. The topological polar surface area (TPSA) is 66.5 Å². The number of piperidine rings is 1. The second-order valence-electron chi connectivity index (χ2n) is 8.98. The van der Waals surface area contributed by atoms with Gasteiger partial charge in [0.05, 0.1) is 10.9 Å². The van der Waals surface area contributed by atoms with Crippen molar-refractivity contribution in [2.24, 2.45) is 5.92 Å². The number of nitrogens with one attached hydrogen (secondary N) is 1. The number of sulfonamides is 1. The first-order chi connectivity index (χ1) is 14.6. The van der Waals surface area contributed by atoms with Crippen molar-refractivity contribution >= 4 is 15.9 Å². The first kappa shape index (κ1) is 23.5. The van der Waals surface area contributed by atoms with Gasteiger partial charge in [0.2, 0.25) is 15.9 Å². The Morgan fingerprint density at radius 3 is 2.06 bits per heavy atom. The lowest BCUT2D eigenvalue weighted by Gasteiger charge is -2.31. The van der Waals surface area contributed by atoms with Crippen molar-refractivity contribution in [3.05, 3.63) is 64.7 Å². The van der Waals surface area contributed by atoms with Crippen LogP contribution in [0, 0.1) is 19.8 Å². The molecule has 2 aromatic carbocycles. The molecule has 1 unspecified atom stereocenters. The average molecular weight is 443 g/mol. The number of hydrogen-bond donors (Lipinski definition) is 1. The molecule has 1 aliphatic heterocycles. The van der Waals surface area contributed by atoms with Gasteiger partial charge in [0.15, 0.2) is 0 Å². The summed E-state index contributed by atoms with van der Waals surface area (Å²) in [6, 6.07) is 13.5. The number of benzene rings is 2. The largest absolute Gasteiger partial charge is 0.349 e. The van der Waals surface area contributed by atoms with E-state index in [1.807, 2.05) is 26.8 Å². The number of carbonyl (C=O) groups excluding carboxylic acids is 1. The van der Waals surface area contributed by atoms with E-state index in [2.05, 4.69) is 43.4 Å². The normalized spacial score (nSPS) is 17.0. The Kier molecular flexibility index (Phi) is 7.22. The number of amides is 1. The van der Waals surface area contributed by atoms with Gasteiger partial charge in [0, 0.05) is 19.0 Å². The van der Waals surface area contributed by atoms with Gasteiger partial charge < -0.3 is 5.32 Å². The van der Waals surface area contributed by atoms with E-state index in [4.69, 9.17) is 0 Å². The van der Waals surface area contributed by atoms with Gasteiger partial charge in [-0.2, -0.15) is 4.31 Å². The molecule has 0 aliphatic carbocycles. The fourth-order valence-electron chi connectivity index (χ4n) is 3.97. The Balaban J connectivity index is 1.58. The average Bonchev–Trinajstić information content (AvgIpc) is 2.75. The quantitative estimate of drug-likeness (QED) is 0.705. The van der Waals surface area contributed by atoms with Crippen LogP contribution < -0.4 is 5.32 Å². The van der Waals surface area contributed by atoms with Gasteiger partial charge in [-0.1, -0.05) is 44.2 Å². The number of aryl methyl sites for hydroxylation is 2. The number of nitrogens with zero attached hydrogens (tertiary/aromatic N) is 1. The lowest BCUT2D eigenvalue weighted by molar-refractivity contribution is -0.126. The van der Waals surface area contributed by atoms with E-state index in [1.165, 1.54) is 9.87 Å². The Hall–Kier alpha value is -2.18. The fraction of sp³-hybridized carbons (Fsp3) is 0.480. The van der Waals surface area contributed by atoms with E-state index in [0.717, 1.165) is 16.7 Å². The molecular weight excluding hydrogens is 408 g/mol. The second kappa shape index (κ2) is 9.53. The van der Waals surface area contributed by atoms with Crippen LogP contribution in [0.1, 0.15) is 67.8 Å². The molecule has 1 heterocycles. The molecule has 3 rings (SSSR count). The van der Waals surface area contributed by atoms with Crippen LogP contribution in [0.5, 0.6) is 0 Å². The van der Waals surface area contributed by atoms with Crippen molar-refractivity contribution in [1.29, 1.82) is 0 Å². The molecule has 1 amide bonds. The van der Waals surface area contributed by atoms with Crippen molar-refractivity contribution in [1.82, 2.24) is 9.62 Å². The Morgan fingerprint density at radius 2 is 1.52 bits per heavy atom. The van der Waals surface area contributed by atoms with E-state index >= 15 is 0 Å². The van der Waals surface area contributed by atoms with Gasteiger partial charge in [0.25, 0.3) is 0 Å². The lowest BCUT2D eigenvalue weighted by Crippen LogP contribution is -2.43. The number of hydrogen-bond acceptors (Lipinski definition) is 3. The highest BCUT2D eigenvalue weighted by Crippen LogP contribution is 2.26. The predicted molar refractivity (Wildman–Crippen MR) is 124 cm³/mol. The first-order valence-corrected chi connectivity index (χ1v) is 12.5. The van der Waals surface area contributed by atoms with Crippen LogP contribution in [0.2, 0.25) is 0 Å². The molecule has 1 atom stereocenters. The summed E-state index contributed by atoms with van der Waals surface area (Å²) >= 11 is 0. The molecule has 2 aromatic rings. The Labute approximate surface area is 186 Å². The summed E-state index contributed by atoms with van der Waals surface area (Å²) in [5.74, 6) is 0.316. The zero-order valence-corrected chi connectivity index (χ0v) is 20.0.